The molecule has 17 rings (SSSR count). The fourth-order valence-corrected chi connectivity index (χ4v) is 17.3. The fraction of sp³-hybridized carbons (Fsp3) is 0.449. The van der Waals surface area contributed by atoms with Gasteiger partial charge in [-0.1, -0.05) is 65.7 Å². The number of aliphatic hydroxyl groups excluding tert-OH is 18. The Bertz CT molecular complexity index is 5670. The third kappa shape index (κ3) is 20.6. The average molecular weight is 1940 g/mol. The number of nitrogens with two attached hydrogens (primary N) is 2. The highest BCUT2D eigenvalue weighted by Crippen LogP contribution is 2.52. The summed E-state index contributed by atoms with van der Waals surface area (Å²) in [5, 5.41) is 273. The van der Waals surface area contributed by atoms with Crippen LogP contribution in [0.15, 0.2) is 157 Å². The fourth-order valence-electron chi connectivity index (χ4n) is 16.9. The van der Waals surface area contributed by atoms with E-state index in [1.165, 1.54) is 88.5 Å². The van der Waals surface area contributed by atoms with E-state index in [0.717, 1.165) is 66.7 Å². The first-order chi connectivity index (χ1) is 64.7. The van der Waals surface area contributed by atoms with Gasteiger partial charge in [0, 0.05) is 47.7 Å². The maximum atomic E-state index is 13.8. The summed E-state index contributed by atoms with van der Waals surface area (Å²) < 4.78 is 76.3. The molecule has 10 aliphatic rings. The van der Waals surface area contributed by atoms with Crippen molar-refractivity contribution in [1.82, 2.24) is 5.32 Å². The monoisotopic (exact) mass is 1940 g/mol. The zero-order valence-electron chi connectivity index (χ0n) is 72.1. The second-order valence-corrected chi connectivity index (χ2v) is 34.4. The van der Waals surface area contributed by atoms with Gasteiger partial charge in [-0.15, -0.1) is 0 Å². The van der Waals surface area contributed by atoms with Crippen molar-refractivity contribution >= 4 is 64.6 Å². The van der Waals surface area contributed by atoms with E-state index < -0.39 is 329 Å². The van der Waals surface area contributed by atoms with Crippen LogP contribution >= 0.6 is 23.2 Å². The van der Waals surface area contributed by atoms with Crippen LogP contribution in [0.25, 0.3) is 11.1 Å². The van der Waals surface area contributed by atoms with E-state index in [2.05, 4.69) is 30.3 Å². The van der Waals surface area contributed by atoms with E-state index in [1.54, 1.807) is 0 Å². The van der Waals surface area contributed by atoms with Crippen molar-refractivity contribution in [2.24, 2.45) is 41.4 Å². The number of benzene rings is 7. The highest BCUT2D eigenvalue weighted by Gasteiger charge is 2.53. The van der Waals surface area contributed by atoms with Crippen molar-refractivity contribution in [3.05, 3.63) is 176 Å². The van der Waals surface area contributed by atoms with Gasteiger partial charge in [0.2, 0.25) is 53.7 Å². The Kier molecular flexibility index (Phi) is 30.2. The second kappa shape index (κ2) is 41.3. The van der Waals surface area contributed by atoms with Gasteiger partial charge < -0.3 is 191 Å². The summed E-state index contributed by atoms with van der Waals surface area (Å²) in [4.78, 5) is 41.3. The van der Waals surface area contributed by atoms with E-state index in [1.807, 2.05) is 0 Å². The molecule has 5 fully saturated rings. The van der Waals surface area contributed by atoms with Crippen molar-refractivity contribution in [3.63, 3.8) is 0 Å². The van der Waals surface area contributed by atoms with Gasteiger partial charge in [0.1, 0.15) is 120 Å². The molecule has 11 bridgehead atoms. The number of nitrogens with zero attached hydrogens (tertiary/aromatic N) is 6. The van der Waals surface area contributed by atoms with Gasteiger partial charge in [0.05, 0.1) is 53.8 Å². The van der Waals surface area contributed by atoms with Crippen LogP contribution in [0.1, 0.15) is 115 Å². The highest BCUT2D eigenvalue weighted by atomic mass is 35.5. The minimum Gasteiger partial charge on any atom is -0.508 e. The van der Waals surface area contributed by atoms with E-state index in [9.17, 15) is 122 Å². The second-order valence-electron chi connectivity index (χ2n) is 33.6. The first-order valence-corrected chi connectivity index (χ1v) is 43.5. The number of carbonyl (C=O) groups is 1. The van der Waals surface area contributed by atoms with Crippen LogP contribution in [0.3, 0.4) is 0 Å². The normalized spacial score (nSPS) is 34.2. The molecule has 32 atom stereocenters. The summed E-state index contributed by atoms with van der Waals surface area (Å²) >= 11 is 14.2. The number of phenols is 4. The zero-order chi connectivity index (χ0) is 97.8. The Morgan fingerprint density at radius 3 is 1.62 bits per heavy atom. The number of aliphatic carboxylic acids is 1. The maximum absolute atomic E-state index is 13.8. The third-order valence-electron chi connectivity index (χ3n) is 24.4. The number of hydrogen-bond acceptors (Lipinski definition) is 38. The minimum atomic E-state index is -2.48. The van der Waals surface area contributed by atoms with Gasteiger partial charge in [-0.3, -0.25) is 0 Å². The van der Waals surface area contributed by atoms with Crippen molar-refractivity contribution in [2.75, 3.05) is 20.3 Å². The number of aliphatic imine (C=N–C) groups is 6. The quantitative estimate of drug-likeness (QED) is 0.0433. The topological polar surface area (TPSA) is 731 Å². The molecule has 0 spiro atoms. The number of ether oxygens (including phenoxy) is 12. The summed E-state index contributed by atoms with van der Waals surface area (Å²) in [7, 11) is 1.37. The Morgan fingerprint density at radius 2 is 1.01 bits per heavy atom. The van der Waals surface area contributed by atoms with Crippen LogP contribution in [-0.4, -0.2) is 332 Å². The van der Waals surface area contributed by atoms with Gasteiger partial charge >= 0.3 is 5.97 Å². The molecule has 0 saturated carbocycles. The van der Waals surface area contributed by atoms with Crippen LogP contribution in [0, 0.1) is 0 Å². The number of rotatable bonds is 18. The molecule has 47 heteroatoms. The predicted molar refractivity (Wildman–Crippen MR) is 473 cm³/mol. The highest BCUT2D eigenvalue weighted by molar-refractivity contribution is 6.32. The molecule has 45 nitrogen and oxygen atoms in total. The van der Waals surface area contributed by atoms with Gasteiger partial charge in [-0.05, 0) is 140 Å². The molecule has 136 heavy (non-hydrogen) atoms. The maximum Gasteiger partial charge on any atom is 0.333 e. The largest absolute Gasteiger partial charge is 0.508 e. The zero-order valence-corrected chi connectivity index (χ0v) is 73.6. The lowest BCUT2D eigenvalue weighted by Crippen LogP contribution is -2.62. The molecular formula is C89H101Cl2N9O36. The SMILES string of the molecule is CN[C@H](C(O)=N[C@H]1C(O)=N[C@@H](c2ccc(O)c(Cl)c2)C(O)=N[C@H]2C(O)=N[C@H]3C(O)=N[C@H](C(O)=N[C@@H](C(=O)O)c4cc(O)cc(O)c4-c4cc3ccc4O)[C@H](OC3CC(N)C(O)C(C)O3)c3ccc(c(Cl)c3)Oc3cc2cc(c3OC2OC(CO)C(O)C(O)C2OC2CC(N)C(O)C(C)O2)Oc2ccc(cc2)[C@H]1OC1OC(CO)C(O)C(O)C1O)c1ccc(OC2OC(C)C(O)C(O)C2O)cc1. The molecule has 10 aliphatic heterocycles. The molecule has 10 heterocycles. The van der Waals surface area contributed by atoms with E-state index in [0.29, 0.717) is 0 Å². The number of carboxylic acid groups (broad SMARTS) is 1. The van der Waals surface area contributed by atoms with Gasteiger partial charge in [0.15, 0.2) is 72.7 Å². The molecule has 0 amide bonds. The minimum absolute atomic E-state index is 0.0164. The first kappa shape index (κ1) is 99.4. The number of fused-ring (bicyclic) bond motifs is 12. The molecule has 5 saturated heterocycles. The Labute approximate surface area is 781 Å². The molecule has 28 N–H and O–H groups in total. The van der Waals surface area contributed by atoms with Crippen molar-refractivity contribution in [3.8, 4) is 68.6 Å². The summed E-state index contributed by atoms with van der Waals surface area (Å²) in [6.07, 6.45) is -40.0. The van der Waals surface area contributed by atoms with E-state index in [-0.39, 0.29) is 52.2 Å². The standard InChI is InChI=1S/C89H101Cl2N9O36/c1-30-66(107)46(92)26-56(125-30)133-77-37-11-18-51(45(91)21-37)130-53-23-38-22-52(78(53)136-89-79(73(114)70(111)55(29-102)132-89)134-57-27-47(93)67(108)31(2)126-57)128-40-14-7-34(8-15-40)76(135-88-75(116)72(113)69(110)54(28-101)131-88)64(99-80(117)59(94-4)33-5-12-41(13-6-33)129-87-74(115)71(112)68(109)32(3)127-87)84(121)96-61(36-10-17-49(105)44(90)20-36)81(118)97-62(38)83(120)95-60-35-9-16-48(104)42(19-35)58-43(24-39(103)25-50(58)106)63(86(123)124)98-85(122)65(77)100-82(60)119/h5-25,30-32,46-47,54-57,59-77,79,87-89,94,101-116H,26-29,92-93H2,1-4H3,(H,95,120)(H,96,121)(H,97,118)(H,98,122)(H,99,117)(H,100,119)(H,123,124)/t30?,31?,32?,46?,47?,54?,55?,56?,57?,59-,60+,61-,62+,63+,64+,65-,66?,67?,68?,69?,70?,71?,72?,73?,74?,75?,76+,77+,79?,87?,88?,89?/m0/s1. The predicted octanol–water partition coefficient (Wildman–Crippen LogP) is 3.17. The Morgan fingerprint density at radius 1 is 0.478 bits per heavy atom. The van der Waals surface area contributed by atoms with Crippen molar-refractivity contribution < 1.29 is 179 Å². The smallest absolute Gasteiger partial charge is 0.333 e. The van der Waals surface area contributed by atoms with Crippen LogP contribution in [0.2, 0.25) is 10.0 Å². The average Bonchev–Trinajstić information content (AvgIpc) is 0.757. The molecule has 23 unspecified atom stereocenters. The number of aliphatic hydroxyl groups is 18. The molecule has 732 valence electrons. The number of hydrogen-bond donors (Lipinski definition) is 26. The lowest BCUT2D eigenvalue weighted by Gasteiger charge is -2.44. The van der Waals surface area contributed by atoms with Gasteiger partial charge in [-0.25, -0.2) is 34.7 Å². The summed E-state index contributed by atoms with van der Waals surface area (Å²) in [6.45, 7) is 2.30. The van der Waals surface area contributed by atoms with E-state index >= 15 is 0 Å². The van der Waals surface area contributed by atoms with Crippen LogP contribution in [0.4, 0.5) is 0 Å². The molecule has 0 aliphatic carbocycles. The Balaban J connectivity index is 1.01. The van der Waals surface area contributed by atoms with Crippen molar-refractivity contribution in [1.29, 1.82) is 0 Å². The molecule has 0 aromatic heterocycles. The summed E-state index contributed by atoms with van der Waals surface area (Å²) in [6, 6.07) is 6.23. The molecule has 0 radical (unpaired) electrons. The number of carboxylic acids is 1. The molecular weight excluding hydrogens is 1840 g/mol. The third-order valence-corrected chi connectivity index (χ3v) is 25.0. The number of likely N-dealkylation sites (N-methyl/N-ethyl adjacent to an activating group) is 1. The number of aromatic hydroxyl groups is 4. The van der Waals surface area contributed by atoms with Crippen LogP contribution in [0.5, 0.6) is 57.5 Å². The number of halogens is 2. The van der Waals surface area contributed by atoms with Gasteiger partial charge in [-0.2, -0.15) is 0 Å². The van der Waals surface area contributed by atoms with Crippen molar-refractivity contribution in [2.45, 2.75) is 229 Å². The molecule has 7 aromatic carbocycles. The Hall–Kier alpha value is -11.1. The number of phenolic OH excluding ortho intramolecular Hbond substituents is 4. The first-order valence-electron chi connectivity index (χ1n) is 42.7. The molecule has 7 aromatic rings. The number of nitrogens with one attached hydrogen (secondary N) is 1. The summed E-state index contributed by atoms with van der Waals surface area (Å²) in [5.41, 5.74) is 9.74. The van der Waals surface area contributed by atoms with Crippen LogP contribution in [-0.2, 0) is 42.7 Å². The van der Waals surface area contributed by atoms with Crippen LogP contribution < -0.4 is 35.7 Å². The van der Waals surface area contributed by atoms with Gasteiger partial charge in [0.25, 0.3) is 0 Å². The summed E-state index contributed by atoms with van der Waals surface area (Å²) in [5.74, 6) is -15.3. The van der Waals surface area contributed by atoms with E-state index in [4.69, 9.17) is 96.5 Å². The lowest BCUT2D eigenvalue weighted by molar-refractivity contribution is -0.330. The lowest BCUT2D eigenvalue weighted by atomic mass is 9.90.